The van der Waals surface area contributed by atoms with Crippen LogP contribution in [0.25, 0.3) is 0 Å². The Hall–Kier alpha value is -0.360. The molecule has 0 saturated heterocycles. The van der Waals surface area contributed by atoms with Crippen LogP contribution in [0.15, 0.2) is 33.4 Å². The zero-order valence-corrected chi connectivity index (χ0v) is 11.5. The van der Waals surface area contributed by atoms with Gasteiger partial charge in [0.25, 0.3) is 0 Å². The molecule has 0 aliphatic carbocycles. The monoisotopic (exact) mass is 270 g/mol. The summed E-state index contributed by atoms with van der Waals surface area (Å²) in [5, 5.41) is 7.65. The van der Waals surface area contributed by atoms with Gasteiger partial charge in [0.2, 0.25) is 0 Å². The van der Waals surface area contributed by atoms with Crippen molar-refractivity contribution in [1.82, 2.24) is 10.3 Å². The van der Waals surface area contributed by atoms with Crippen molar-refractivity contribution in [3.63, 3.8) is 0 Å². The Bertz CT molecular complexity index is 383. The van der Waals surface area contributed by atoms with E-state index in [-0.39, 0.29) is 0 Å². The molecule has 0 aromatic carbocycles. The summed E-state index contributed by atoms with van der Waals surface area (Å²) in [7, 11) is 0. The lowest BCUT2D eigenvalue weighted by molar-refractivity contribution is 0.610. The third kappa shape index (κ3) is 3.59. The van der Waals surface area contributed by atoms with Crippen molar-refractivity contribution in [2.45, 2.75) is 17.3 Å². The molecule has 0 aliphatic rings. The van der Waals surface area contributed by atoms with E-state index in [1.165, 1.54) is 4.88 Å². The van der Waals surface area contributed by atoms with Crippen molar-refractivity contribution >= 4 is 34.4 Å². The molecule has 16 heavy (non-hydrogen) atoms. The average molecular weight is 270 g/mol. The van der Waals surface area contributed by atoms with Crippen LogP contribution >= 0.6 is 34.4 Å². The number of nitrogens with zero attached hydrogens (tertiary/aromatic N) is 1. The molecule has 0 radical (unpaired) electrons. The van der Waals surface area contributed by atoms with Crippen LogP contribution in [0.5, 0.6) is 0 Å². The molecule has 2 nitrogen and oxygen atoms in total. The van der Waals surface area contributed by atoms with Gasteiger partial charge in [-0.2, -0.15) is 0 Å². The van der Waals surface area contributed by atoms with E-state index in [1.807, 2.05) is 34.7 Å². The maximum Gasteiger partial charge on any atom is 0.149 e. The first kappa shape index (κ1) is 12.1. The van der Waals surface area contributed by atoms with Gasteiger partial charge < -0.3 is 5.32 Å². The number of hydrogen-bond acceptors (Lipinski definition) is 5. The molecule has 0 saturated carbocycles. The van der Waals surface area contributed by atoms with E-state index in [9.17, 15) is 0 Å². The van der Waals surface area contributed by atoms with Crippen LogP contribution in [0.1, 0.15) is 17.8 Å². The molecule has 5 heteroatoms. The largest absolute Gasteiger partial charge is 0.309 e. The Morgan fingerprint density at radius 1 is 1.44 bits per heavy atom. The van der Waals surface area contributed by atoms with Crippen LogP contribution in [0.2, 0.25) is 0 Å². The summed E-state index contributed by atoms with van der Waals surface area (Å²) < 4.78 is 1.16. The highest BCUT2D eigenvalue weighted by Gasteiger charge is 2.04. The Labute approximate surface area is 108 Å². The van der Waals surface area contributed by atoms with E-state index in [0.717, 1.165) is 16.6 Å². The van der Waals surface area contributed by atoms with Crippen molar-refractivity contribution in [2.24, 2.45) is 0 Å². The van der Waals surface area contributed by atoms with Gasteiger partial charge >= 0.3 is 0 Å². The van der Waals surface area contributed by atoms with Gasteiger partial charge in [-0.3, -0.25) is 0 Å². The first-order valence-electron chi connectivity index (χ1n) is 5.15. The van der Waals surface area contributed by atoms with E-state index >= 15 is 0 Å². The van der Waals surface area contributed by atoms with Gasteiger partial charge in [-0.05, 0) is 18.4 Å². The molecule has 2 aromatic rings. The SMILES string of the molecule is CC(NCCSc1nccs1)c1cccs1. The van der Waals surface area contributed by atoms with Gasteiger partial charge in [0.1, 0.15) is 4.34 Å². The summed E-state index contributed by atoms with van der Waals surface area (Å²) in [5.74, 6) is 1.07. The quantitative estimate of drug-likeness (QED) is 0.640. The van der Waals surface area contributed by atoms with Crippen LogP contribution in [-0.4, -0.2) is 17.3 Å². The topological polar surface area (TPSA) is 24.9 Å². The summed E-state index contributed by atoms with van der Waals surface area (Å²) in [5.41, 5.74) is 0. The fraction of sp³-hybridized carbons (Fsp3) is 0.364. The lowest BCUT2D eigenvalue weighted by Gasteiger charge is -2.10. The van der Waals surface area contributed by atoms with Crippen molar-refractivity contribution < 1.29 is 0 Å². The van der Waals surface area contributed by atoms with Crippen LogP contribution in [0.4, 0.5) is 0 Å². The van der Waals surface area contributed by atoms with E-state index in [0.29, 0.717) is 6.04 Å². The molecule has 0 bridgehead atoms. The second-order valence-corrected chi connectivity index (χ2v) is 6.55. The van der Waals surface area contributed by atoms with Crippen LogP contribution in [0.3, 0.4) is 0 Å². The normalized spacial score (nSPS) is 12.8. The number of thioether (sulfide) groups is 1. The Morgan fingerprint density at radius 2 is 2.38 bits per heavy atom. The lowest BCUT2D eigenvalue weighted by Crippen LogP contribution is -2.20. The maximum atomic E-state index is 4.24. The minimum absolute atomic E-state index is 0.455. The molecule has 1 atom stereocenters. The van der Waals surface area contributed by atoms with Crippen LogP contribution in [-0.2, 0) is 0 Å². The molecule has 0 fully saturated rings. The van der Waals surface area contributed by atoms with Crippen molar-refractivity contribution in [2.75, 3.05) is 12.3 Å². The maximum absolute atomic E-state index is 4.24. The second-order valence-electron chi connectivity index (χ2n) is 3.34. The fourth-order valence-electron chi connectivity index (χ4n) is 1.33. The first-order valence-corrected chi connectivity index (χ1v) is 7.90. The Balaban J connectivity index is 1.65. The van der Waals surface area contributed by atoms with Crippen molar-refractivity contribution in [3.05, 3.63) is 34.0 Å². The minimum atomic E-state index is 0.455. The van der Waals surface area contributed by atoms with Gasteiger partial charge in [0, 0.05) is 34.8 Å². The molecule has 0 aliphatic heterocycles. The summed E-state index contributed by atoms with van der Waals surface area (Å²) in [6.07, 6.45) is 1.86. The number of aromatic nitrogens is 1. The lowest BCUT2D eigenvalue weighted by atomic mass is 10.3. The van der Waals surface area contributed by atoms with Crippen LogP contribution in [0, 0.1) is 0 Å². The highest BCUT2D eigenvalue weighted by atomic mass is 32.2. The van der Waals surface area contributed by atoms with E-state index in [4.69, 9.17) is 0 Å². The molecule has 2 aromatic heterocycles. The third-order valence-electron chi connectivity index (χ3n) is 2.16. The molecule has 1 unspecified atom stereocenters. The molecule has 0 amide bonds. The standard InChI is InChI=1S/C11H14N2S3/c1-9(10-3-2-6-14-10)12-4-7-15-11-13-5-8-16-11/h2-3,5-6,8-9,12H,4,7H2,1H3. The van der Waals surface area contributed by atoms with Crippen LogP contribution < -0.4 is 5.32 Å². The fourth-order valence-corrected chi connectivity index (χ4v) is 3.67. The first-order chi connectivity index (χ1) is 7.86. The van der Waals surface area contributed by atoms with Gasteiger partial charge in [-0.25, -0.2) is 4.98 Å². The van der Waals surface area contributed by atoms with Gasteiger partial charge in [0.15, 0.2) is 0 Å². The molecule has 86 valence electrons. The van der Waals surface area contributed by atoms with E-state index in [2.05, 4.69) is 34.7 Å². The van der Waals surface area contributed by atoms with Crippen molar-refractivity contribution in [3.8, 4) is 0 Å². The van der Waals surface area contributed by atoms with Crippen molar-refractivity contribution in [1.29, 1.82) is 0 Å². The van der Waals surface area contributed by atoms with E-state index in [1.54, 1.807) is 11.3 Å². The predicted octanol–water partition coefficient (Wildman–Crippen LogP) is 3.65. The summed E-state index contributed by atoms with van der Waals surface area (Å²) >= 11 is 5.33. The number of nitrogens with one attached hydrogen (secondary N) is 1. The highest BCUT2D eigenvalue weighted by Crippen LogP contribution is 2.20. The van der Waals surface area contributed by atoms with Gasteiger partial charge in [-0.1, -0.05) is 17.8 Å². The van der Waals surface area contributed by atoms with E-state index < -0.39 is 0 Å². The molecule has 2 rings (SSSR count). The zero-order chi connectivity index (χ0) is 11.2. The Kier molecular flexibility index (Phi) is 4.84. The minimum Gasteiger partial charge on any atom is -0.309 e. The predicted molar refractivity (Wildman–Crippen MR) is 73.6 cm³/mol. The van der Waals surface area contributed by atoms with Gasteiger partial charge in [0.05, 0.1) is 0 Å². The summed E-state index contributed by atoms with van der Waals surface area (Å²) in [4.78, 5) is 5.64. The molecule has 2 heterocycles. The molecular weight excluding hydrogens is 256 g/mol. The number of rotatable bonds is 6. The third-order valence-corrected chi connectivity index (χ3v) is 5.18. The number of hydrogen-bond donors (Lipinski definition) is 1. The van der Waals surface area contributed by atoms with Gasteiger partial charge in [-0.15, -0.1) is 22.7 Å². The highest BCUT2D eigenvalue weighted by molar-refractivity contribution is 8.01. The average Bonchev–Trinajstić information content (AvgIpc) is 2.96. The Morgan fingerprint density at radius 3 is 3.06 bits per heavy atom. The zero-order valence-electron chi connectivity index (χ0n) is 9.05. The molecular formula is C11H14N2S3. The summed E-state index contributed by atoms with van der Waals surface area (Å²) in [6.45, 7) is 3.23. The number of thiazole rings is 1. The molecule has 0 spiro atoms. The number of thiophene rings is 1. The summed E-state index contributed by atoms with van der Waals surface area (Å²) in [6, 6.07) is 4.73. The smallest absolute Gasteiger partial charge is 0.149 e. The molecule has 1 N–H and O–H groups in total. The second kappa shape index (κ2) is 6.39.